The first-order valence-corrected chi connectivity index (χ1v) is 7.06. The van der Waals surface area contributed by atoms with Crippen LogP contribution < -0.4 is 10.6 Å². The number of para-hydroxylation sites is 1. The average molecular weight is 287 g/mol. The van der Waals surface area contributed by atoms with Crippen LogP contribution in [0.3, 0.4) is 0 Å². The van der Waals surface area contributed by atoms with Gasteiger partial charge in [-0.25, -0.2) is 4.98 Å². The molecule has 0 aliphatic carbocycles. The van der Waals surface area contributed by atoms with Crippen LogP contribution in [0.15, 0.2) is 34.9 Å². The van der Waals surface area contributed by atoms with E-state index in [0.29, 0.717) is 11.5 Å². The van der Waals surface area contributed by atoms with Gasteiger partial charge in [-0.05, 0) is 39.8 Å². The summed E-state index contributed by atoms with van der Waals surface area (Å²) in [7, 11) is 0. The number of carbonyl (C=O) groups excluding carboxylic acids is 1. The summed E-state index contributed by atoms with van der Waals surface area (Å²) >= 11 is 0. The number of anilines is 1. The Morgan fingerprint density at radius 2 is 1.95 bits per heavy atom. The maximum Gasteiger partial charge on any atom is 0.254 e. The summed E-state index contributed by atoms with van der Waals surface area (Å²) in [4.78, 5) is 16.6. The van der Waals surface area contributed by atoms with Gasteiger partial charge in [0.1, 0.15) is 11.8 Å². The SMILES string of the molecule is Cc1cnc(C(C)NC(=O)c2ccccc2NC(C)C)o1. The van der Waals surface area contributed by atoms with Gasteiger partial charge in [0.05, 0.1) is 11.8 Å². The molecule has 1 aromatic carbocycles. The van der Waals surface area contributed by atoms with Crippen LogP contribution in [0.25, 0.3) is 0 Å². The Hall–Kier alpha value is -2.30. The molecule has 0 bridgehead atoms. The maximum absolute atomic E-state index is 12.4. The Balaban J connectivity index is 2.13. The number of aromatic nitrogens is 1. The molecule has 0 fully saturated rings. The minimum absolute atomic E-state index is 0.151. The Bertz CT molecular complexity index is 619. The lowest BCUT2D eigenvalue weighted by Gasteiger charge is -2.16. The fourth-order valence-corrected chi connectivity index (χ4v) is 2.03. The number of benzene rings is 1. The minimum atomic E-state index is -0.279. The summed E-state index contributed by atoms with van der Waals surface area (Å²) in [5, 5.41) is 6.18. The van der Waals surface area contributed by atoms with E-state index in [0.717, 1.165) is 11.4 Å². The lowest BCUT2D eigenvalue weighted by molar-refractivity contribution is 0.0934. The topological polar surface area (TPSA) is 67.2 Å². The van der Waals surface area contributed by atoms with Crippen LogP contribution in [0, 0.1) is 6.92 Å². The molecular formula is C16H21N3O2. The standard InChI is InChI=1S/C16H21N3O2/c1-10(2)18-14-8-6-5-7-13(14)15(20)19-12(4)16-17-9-11(3)21-16/h5-10,12,18H,1-4H3,(H,19,20). The highest BCUT2D eigenvalue weighted by Crippen LogP contribution is 2.18. The molecule has 1 atom stereocenters. The van der Waals surface area contributed by atoms with Crippen LogP contribution in [0.5, 0.6) is 0 Å². The van der Waals surface area contributed by atoms with Crippen LogP contribution in [0.1, 0.15) is 48.8 Å². The number of aryl methyl sites for hydroxylation is 1. The summed E-state index contributed by atoms with van der Waals surface area (Å²) in [6.07, 6.45) is 1.65. The van der Waals surface area contributed by atoms with Crippen molar-refractivity contribution in [3.8, 4) is 0 Å². The van der Waals surface area contributed by atoms with Gasteiger partial charge in [-0.1, -0.05) is 12.1 Å². The van der Waals surface area contributed by atoms with E-state index in [-0.39, 0.29) is 18.0 Å². The number of nitrogens with zero attached hydrogens (tertiary/aromatic N) is 1. The second kappa shape index (κ2) is 6.43. The quantitative estimate of drug-likeness (QED) is 0.885. The first-order chi connectivity index (χ1) is 9.97. The van der Waals surface area contributed by atoms with E-state index in [9.17, 15) is 4.79 Å². The van der Waals surface area contributed by atoms with Crippen molar-refractivity contribution in [3.05, 3.63) is 47.7 Å². The van der Waals surface area contributed by atoms with Gasteiger partial charge in [0, 0.05) is 11.7 Å². The van der Waals surface area contributed by atoms with Crippen molar-refractivity contribution >= 4 is 11.6 Å². The highest BCUT2D eigenvalue weighted by Gasteiger charge is 2.17. The number of hydrogen-bond acceptors (Lipinski definition) is 4. The largest absolute Gasteiger partial charge is 0.444 e. The van der Waals surface area contributed by atoms with Crippen LogP contribution in [-0.2, 0) is 0 Å². The van der Waals surface area contributed by atoms with E-state index >= 15 is 0 Å². The molecule has 5 heteroatoms. The van der Waals surface area contributed by atoms with E-state index in [1.54, 1.807) is 12.3 Å². The van der Waals surface area contributed by atoms with E-state index in [1.807, 2.05) is 45.9 Å². The number of amides is 1. The van der Waals surface area contributed by atoms with Crippen molar-refractivity contribution in [2.45, 2.75) is 39.8 Å². The molecule has 0 spiro atoms. The van der Waals surface area contributed by atoms with E-state index < -0.39 is 0 Å². The van der Waals surface area contributed by atoms with Crippen molar-refractivity contribution in [2.75, 3.05) is 5.32 Å². The maximum atomic E-state index is 12.4. The lowest BCUT2D eigenvalue weighted by Crippen LogP contribution is -2.28. The molecule has 0 aliphatic rings. The molecule has 1 heterocycles. The highest BCUT2D eigenvalue weighted by atomic mass is 16.4. The van der Waals surface area contributed by atoms with Gasteiger partial charge in [0.2, 0.25) is 5.89 Å². The van der Waals surface area contributed by atoms with Crippen LogP contribution in [-0.4, -0.2) is 16.9 Å². The second-order valence-electron chi connectivity index (χ2n) is 5.35. The molecule has 2 N–H and O–H groups in total. The van der Waals surface area contributed by atoms with Crippen molar-refractivity contribution < 1.29 is 9.21 Å². The third kappa shape index (κ3) is 3.84. The minimum Gasteiger partial charge on any atom is -0.444 e. The number of rotatable bonds is 5. The molecule has 1 aromatic heterocycles. The summed E-state index contributed by atoms with van der Waals surface area (Å²) in [6.45, 7) is 7.74. The molecule has 21 heavy (non-hydrogen) atoms. The zero-order valence-corrected chi connectivity index (χ0v) is 12.8. The fraction of sp³-hybridized carbons (Fsp3) is 0.375. The lowest BCUT2D eigenvalue weighted by atomic mass is 10.1. The first kappa shape index (κ1) is 15.1. The Morgan fingerprint density at radius 3 is 2.57 bits per heavy atom. The van der Waals surface area contributed by atoms with E-state index in [1.165, 1.54) is 0 Å². The molecular weight excluding hydrogens is 266 g/mol. The third-order valence-corrected chi connectivity index (χ3v) is 2.97. The predicted molar refractivity (Wildman–Crippen MR) is 82.3 cm³/mol. The molecule has 5 nitrogen and oxygen atoms in total. The van der Waals surface area contributed by atoms with Crippen molar-refractivity contribution in [1.82, 2.24) is 10.3 Å². The van der Waals surface area contributed by atoms with E-state index in [2.05, 4.69) is 15.6 Å². The molecule has 112 valence electrons. The second-order valence-corrected chi connectivity index (χ2v) is 5.35. The summed E-state index contributed by atoms with van der Waals surface area (Å²) < 4.78 is 5.44. The van der Waals surface area contributed by atoms with Gasteiger partial charge in [-0.2, -0.15) is 0 Å². The van der Waals surface area contributed by atoms with Gasteiger partial charge in [0.25, 0.3) is 5.91 Å². The molecule has 2 aromatic rings. The fourth-order valence-electron chi connectivity index (χ4n) is 2.03. The van der Waals surface area contributed by atoms with Crippen molar-refractivity contribution in [2.24, 2.45) is 0 Å². The number of oxazole rings is 1. The van der Waals surface area contributed by atoms with Crippen LogP contribution >= 0.6 is 0 Å². The Morgan fingerprint density at radius 1 is 1.24 bits per heavy atom. The summed E-state index contributed by atoms with van der Waals surface area (Å²) in [5.74, 6) is 1.09. The van der Waals surface area contributed by atoms with Gasteiger partial charge < -0.3 is 15.1 Å². The summed E-state index contributed by atoms with van der Waals surface area (Å²) in [5.41, 5.74) is 1.43. The predicted octanol–water partition coefficient (Wildman–Crippen LogP) is 3.29. The molecule has 1 amide bonds. The van der Waals surface area contributed by atoms with E-state index in [4.69, 9.17) is 4.42 Å². The molecule has 0 aliphatic heterocycles. The normalized spacial score (nSPS) is 12.2. The summed E-state index contributed by atoms with van der Waals surface area (Å²) in [6, 6.07) is 7.43. The molecule has 0 saturated heterocycles. The smallest absolute Gasteiger partial charge is 0.254 e. The highest BCUT2D eigenvalue weighted by molar-refractivity contribution is 5.99. The molecule has 2 rings (SSSR count). The molecule has 1 unspecified atom stereocenters. The third-order valence-electron chi connectivity index (χ3n) is 2.97. The first-order valence-electron chi connectivity index (χ1n) is 7.06. The van der Waals surface area contributed by atoms with Crippen LogP contribution in [0.2, 0.25) is 0 Å². The van der Waals surface area contributed by atoms with Gasteiger partial charge in [-0.15, -0.1) is 0 Å². The van der Waals surface area contributed by atoms with Gasteiger partial charge in [-0.3, -0.25) is 4.79 Å². The monoisotopic (exact) mass is 287 g/mol. The average Bonchev–Trinajstić information content (AvgIpc) is 2.85. The number of carbonyl (C=O) groups is 1. The number of hydrogen-bond donors (Lipinski definition) is 2. The van der Waals surface area contributed by atoms with Gasteiger partial charge >= 0.3 is 0 Å². The van der Waals surface area contributed by atoms with Gasteiger partial charge in [0.15, 0.2) is 0 Å². The molecule has 0 radical (unpaired) electrons. The van der Waals surface area contributed by atoms with Crippen molar-refractivity contribution in [3.63, 3.8) is 0 Å². The Labute approximate surface area is 124 Å². The number of nitrogens with one attached hydrogen (secondary N) is 2. The molecule has 0 saturated carbocycles. The van der Waals surface area contributed by atoms with Crippen molar-refractivity contribution in [1.29, 1.82) is 0 Å². The van der Waals surface area contributed by atoms with Crippen LogP contribution in [0.4, 0.5) is 5.69 Å². The Kier molecular flexibility index (Phi) is 4.62. The zero-order valence-electron chi connectivity index (χ0n) is 12.8. The zero-order chi connectivity index (χ0) is 15.4.